The SMILES string of the molecule is c1ccc(-c2cccc(-c3ccc4c5nccnc5c5ccc(N6c7ccccc7Sc7ccccc76)nc5c4n3)c2)cc1. The number of hydrogen-bond donors (Lipinski definition) is 0. The molecule has 6 heteroatoms. The average molecular weight is 582 g/mol. The van der Waals surface area contributed by atoms with E-state index in [0.29, 0.717) is 0 Å². The van der Waals surface area contributed by atoms with E-state index >= 15 is 0 Å². The molecule has 0 aliphatic carbocycles. The maximum atomic E-state index is 5.36. The number of nitrogens with zero attached hydrogens (tertiary/aromatic N) is 5. The van der Waals surface area contributed by atoms with Crippen LogP contribution < -0.4 is 4.90 Å². The number of aromatic nitrogens is 4. The smallest absolute Gasteiger partial charge is 0.138 e. The third-order valence-corrected chi connectivity index (χ3v) is 9.27. The Morgan fingerprint density at radius 3 is 1.77 bits per heavy atom. The van der Waals surface area contributed by atoms with Gasteiger partial charge in [0.1, 0.15) is 11.3 Å². The number of hydrogen-bond acceptors (Lipinski definition) is 6. The Morgan fingerprint density at radius 1 is 0.455 bits per heavy atom. The van der Waals surface area contributed by atoms with Gasteiger partial charge in [-0.05, 0) is 65.7 Å². The molecular weight excluding hydrogens is 559 g/mol. The Morgan fingerprint density at radius 2 is 1.05 bits per heavy atom. The third-order valence-electron chi connectivity index (χ3n) is 8.14. The van der Waals surface area contributed by atoms with Crippen LogP contribution >= 0.6 is 11.8 Å². The van der Waals surface area contributed by atoms with E-state index in [4.69, 9.17) is 19.9 Å². The molecule has 0 fully saturated rings. The Bertz CT molecular complexity index is 2340. The molecule has 1 aliphatic heterocycles. The summed E-state index contributed by atoms with van der Waals surface area (Å²) >= 11 is 1.79. The summed E-state index contributed by atoms with van der Waals surface area (Å²) < 4.78 is 0. The molecule has 9 rings (SSSR count). The molecule has 1 aliphatic rings. The average Bonchev–Trinajstić information content (AvgIpc) is 3.10. The van der Waals surface area contributed by atoms with Gasteiger partial charge < -0.3 is 0 Å². The summed E-state index contributed by atoms with van der Waals surface area (Å²) in [6.07, 6.45) is 3.48. The summed E-state index contributed by atoms with van der Waals surface area (Å²) in [5.74, 6) is 0.834. The van der Waals surface area contributed by atoms with Crippen molar-refractivity contribution in [1.82, 2.24) is 19.9 Å². The largest absolute Gasteiger partial charge is 0.293 e. The fraction of sp³-hybridized carbons (Fsp3) is 0. The van der Waals surface area contributed by atoms with Crippen molar-refractivity contribution in [2.24, 2.45) is 0 Å². The Kier molecular flexibility index (Phi) is 5.67. The van der Waals surface area contributed by atoms with Crippen molar-refractivity contribution >= 4 is 61.8 Å². The Balaban J connectivity index is 1.29. The highest BCUT2D eigenvalue weighted by Gasteiger charge is 2.26. The number of pyridine rings is 2. The number of para-hydroxylation sites is 2. The Labute approximate surface area is 257 Å². The number of fused-ring (bicyclic) bond motifs is 8. The van der Waals surface area contributed by atoms with Crippen molar-refractivity contribution in [2.75, 3.05) is 4.90 Å². The lowest BCUT2D eigenvalue weighted by Gasteiger charge is -2.32. The third kappa shape index (κ3) is 3.96. The van der Waals surface area contributed by atoms with Gasteiger partial charge in [-0.2, -0.15) is 0 Å². The fourth-order valence-corrected chi connectivity index (χ4v) is 7.17. The summed E-state index contributed by atoms with van der Waals surface area (Å²) in [6.45, 7) is 0. The predicted molar refractivity (Wildman–Crippen MR) is 180 cm³/mol. The van der Waals surface area contributed by atoms with Crippen molar-refractivity contribution in [3.8, 4) is 22.4 Å². The predicted octanol–water partition coefficient (Wildman–Crippen LogP) is 9.99. The minimum atomic E-state index is 0.805. The summed E-state index contributed by atoms with van der Waals surface area (Å²) in [5, 5.41) is 1.86. The second-order valence-electron chi connectivity index (χ2n) is 10.7. The lowest BCUT2D eigenvalue weighted by atomic mass is 10.0. The highest BCUT2D eigenvalue weighted by molar-refractivity contribution is 7.99. The topological polar surface area (TPSA) is 54.8 Å². The molecule has 4 heterocycles. The van der Waals surface area contributed by atoms with E-state index in [9.17, 15) is 0 Å². The highest BCUT2D eigenvalue weighted by atomic mass is 32.2. The maximum absolute atomic E-state index is 5.36. The van der Waals surface area contributed by atoms with Crippen LogP contribution in [0.2, 0.25) is 0 Å². The zero-order chi connectivity index (χ0) is 29.0. The molecule has 0 saturated carbocycles. The van der Waals surface area contributed by atoms with Gasteiger partial charge in [-0.25, -0.2) is 9.97 Å². The van der Waals surface area contributed by atoms with E-state index in [-0.39, 0.29) is 0 Å². The molecule has 5 aromatic carbocycles. The van der Waals surface area contributed by atoms with Gasteiger partial charge >= 0.3 is 0 Å². The second kappa shape index (κ2) is 10.0. The highest BCUT2D eigenvalue weighted by Crippen LogP contribution is 2.51. The van der Waals surface area contributed by atoms with Gasteiger partial charge in [-0.1, -0.05) is 84.6 Å². The molecule has 44 heavy (non-hydrogen) atoms. The normalized spacial score (nSPS) is 12.4. The summed E-state index contributed by atoms with van der Waals surface area (Å²) in [7, 11) is 0. The summed E-state index contributed by atoms with van der Waals surface area (Å²) in [5.41, 5.74) is 9.75. The van der Waals surface area contributed by atoms with Gasteiger partial charge in [-0.3, -0.25) is 14.9 Å². The molecule has 8 aromatic rings. The molecule has 0 amide bonds. The van der Waals surface area contributed by atoms with Crippen molar-refractivity contribution in [3.05, 3.63) is 140 Å². The molecule has 0 N–H and O–H groups in total. The molecule has 206 valence electrons. The fourth-order valence-electron chi connectivity index (χ4n) is 6.11. The first-order chi connectivity index (χ1) is 21.8. The number of benzene rings is 5. The molecular formula is C38H23N5S. The Hall–Kier alpha value is -5.59. The molecule has 0 radical (unpaired) electrons. The minimum absolute atomic E-state index is 0.805. The van der Waals surface area contributed by atoms with Crippen LogP contribution in [-0.2, 0) is 0 Å². The maximum Gasteiger partial charge on any atom is 0.138 e. The van der Waals surface area contributed by atoms with Crippen molar-refractivity contribution in [3.63, 3.8) is 0 Å². The van der Waals surface area contributed by atoms with Gasteiger partial charge in [0.15, 0.2) is 0 Å². The molecule has 0 unspecified atom stereocenters. The van der Waals surface area contributed by atoms with Gasteiger partial charge in [0.2, 0.25) is 0 Å². The zero-order valence-corrected chi connectivity index (χ0v) is 24.2. The molecule has 5 nitrogen and oxygen atoms in total. The molecule has 0 atom stereocenters. The van der Waals surface area contributed by atoms with Crippen LogP contribution in [0.1, 0.15) is 0 Å². The van der Waals surface area contributed by atoms with Crippen LogP contribution in [0, 0.1) is 0 Å². The summed E-state index contributed by atoms with van der Waals surface area (Å²) in [6, 6.07) is 44.3. The van der Waals surface area contributed by atoms with Crippen LogP contribution in [0.5, 0.6) is 0 Å². The van der Waals surface area contributed by atoms with Gasteiger partial charge in [0.25, 0.3) is 0 Å². The monoisotopic (exact) mass is 581 g/mol. The van der Waals surface area contributed by atoms with Gasteiger partial charge in [0, 0.05) is 38.5 Å². The van der Waals surface area contributed by atoms with E-state index in [1.165, 1.54) is 15.4 Å². The number of rotatable bonds is 3. The molecule has 0 saturated heterocycles. The van der Waals surface area contributed by atoms with Gasteiger partial charge in [0.05, 0.1) is 33.6 Å². The van der Waals surface area contributed by atoms with Crippen LogP contribution in [0.4, 0.5) is 17.2 Å². The molecule has 0 bridgehead atoms. The van der Waals surface area contributed by atoms with Crippen LogP contribution in [0.25, 0.3) is 55.2 Å². The van der Waals surface area contributed by atoms with E-state index in [1.807, 2.05) is 6.07 Å². The molecule has 0 spiro atoms. The number of anilines is 3. The van der Waals surface area contributed by atoms with Crippen LogP contribution in [-0.4, -0.2) is 19.9 Å². The lowest BCUT2D eigenvalue weighted by Crippen LogP contribution is -2.16. The van der Waals surface area contributed by atoms with Crippen molar-refractivity contribution < 1.29 is 0 Å². The molecule has 3 aromatic heterocycles. The minimum Gasteiger partial charge on any atom is -0.293 e. The van der Waals surface area contributed by atoms with Crippen molar-refractivity contribution in [2.45, 2.75) is 9.79 Å². The van der Waals surface area contributed by atoms with Gasteiger partial charge in [-0.15, -0.1) is 0 Å². The van der Waals surface area contributed by atoms with Crippen LogP contribution in [0.3, 0.4) is 0 Å². The van der Waals surface area contributed by atoms with E-state index in [0.717, 1.165) is 66.9 Å². The summed E-state index contributed by atoms with van der Waals surface area (Å²) in [4.78, 5) is 24.8. The zero-order valence-electron chi connectivity index (χ0n) is 23.4. The quantitative estimate of drug-likeness (QED) is 0.194. The standard InChI is InChI=1S/C38H23N5S/c1-2-9-24(10-3-1)25-11-8-12-26(23-25)29-19-17-27-35-36(40-22-21-39-35)28-18-20-34(42-38(28)37(27)41-29)43-30-13-4-6-15-32(30)44-33-16-7-5-14-31(33)43/h1-23H. The first-order valence-electron chi connectivity index (χ1n) is 14.5. The lowest BCUT2D eigenvalue weighted by molar-refractivity contribution is 1.13. The first-order valence-corrected chi connectivity index (χ1v) is 15.3. The van der Waals surface area contributed by atoms with E-state index in [1.54, 1.807) is 24.2 Å². The van der Waals surface area contributed by atoms with Crippen molar-refractivity contribution in [1.29, 1.82) is 0 Å². The van der Waals surface area contributed by atoms with Crippen LogP contribution in [0.15, 0.2) is 150 Å². The van der Waals surface area contributed by atoms with E-state index < -0.39 is 0 Å². The van der Waals surface area contributed by atoms with E-state index in [2.05, 4.69) is 126 Å². The first kappa shape index (κ1) is 25.0. The second-order valence-corrected chi connectivity index (χ2v) is 11.8.